The van der Waals surface area contributed by atoms with Crippen LogP contribution in [0.3, 0.4) is 0 Å². The Morgan fingerprint density at radius 2 is 1.90 bits per heavy atom. The molecule has 3 aromatic rings. The van der Waals surface area contributed by atoms with Gasteiger partial charge in [0, 0.05) is 11.6 Å². The first-order valence-electron chi connectivity index (χ1n) is 9.38. The van der Waals surface area contributed by atoms with Crippen molar-refractivity contribution in [3.05, 3.63) is 70.5 Å². The quantitative estimate of drug-likeness (QED) is 0.468. The average Bonchev–Trinajstić information content (AvgIpc) is 3.19. The zero-order valence-corrected chi connectivity index (χ0v) is 18.1. The SMILES string of the molecule is COc1cc(F)c(-c2nnc(/C=C/C(C)(C)C)s2)cc1C(=O)OCc1ccccc1. The van der Waals surface area contributed by atoms with Crippen molar-refractivity contribution in [3.8, 4) is 16.3 Å². The number of esters is 1. The number of nitrogens with zero attached hydrogens (tertiary/aromatic N) is 2. The molecule has 0 aliphatic carbocycles. The second kappa shape index (κ2) is 9.17. The van der Waals surface area contributed by atoms with E-state index in [1.54, 1.807) is 0 Å². The summed E-state index contributed by atoms with van der Waals surface area (Å²) in [5, 5.41) is 9.21. The molecule has 0 spiro atoms. The molecule has 5 nitrogen and oxygen atoms in total. The molecule has 156 valence electrons. The summed E-state index contributed by atoms with van der Waals surface area (Å²) in [6.45, 7) is 6.32. The van der Waals surface area contributed by atoms with Gasteiger partial charge >= 0.3 is 5.97 Å². The Hall–Kier alpha value is -3.06. The summed E-state index contributed by atoms with van der Waals surface area (Å²) >= 11 is 1.24. The molecule has 0 radical (unpaired) electrons. The Morgan fingerprint density at radius 3 is 2.57 bits per heavy atom. The van der Waals surface area contributed by atoms with Crippen molar-refractivity contribution in [2.75, 3.05) is 7.11 Å². The van der Waals surface area contributed by atoms with E-state index in [9.17, 15) is 9.18 Å². The van der Waals surface area contributed by atoms with Gasteiger partial charge in [0.25, 0.3) is 0 Å². The molecule has 0 aliphatic heterocycles. The topological polar surface area (TPSA) is 61.3 Å². The highest BCUT2D eigenvalue weighted by Gasteiger charge is 2.21. The van der Waals surface area contributed by atoms with E-state index in [2.05, 4.69) is 31.0 Å². The van der Waals surface area contributed by atoms with Crippen molar-refractivity contribution in [1.29, 1.82) is 0 Å². The van der Waals surface area contributed by atoms with Crippen molar-refractivity contribution in [2.24, 2.45) is 5.41 Å². The number of rotatable bonds is 6. The highest BCUT2D eigenvalue weighted by atomic mass is 32.1. The molecule has 0 atom stereocenters. The molecule has 1 heterocycles. The fraction of sp³-hybridized carbons (Fsp3) is 0.261. The van der Waals surface area contributed by atoms with Crippen molar-refractivity contribution >= 4 is 23.4 Å². The van der Waals surface area contributed by atoms with Crippen LogP contribution in [0.25, 0.3) is 16.6 Å². The first kappa shape index (κ1) is 21.6. The van der Waals surface area contributed by atoms with Crippen LogP contribution in [0.5, 0.6) is 5.75 Å². The van der Waals surface area contributed by atoms with Gasteiger partial charge in [0.05, 0.1) is 7.11 Å². The summed E-state index contributed by atoms with van der Waals surface area (Å²) in [4.78, 5) is 12.6. The Labute approximate surface area is 179 Å². The number of aromatic nitrogens is 2. The Morgan fingerprint density at radius 1 is 1.17 bits per heavy atom. The average molecular weight is 427 g/mol. The van der Waals surface area contributed by atoms with Crippen LogP contribution in [-0.4, -0.2) is 23.3 Å². The monoisotopic (exact) mass is 426 g/mol. The molecule has 3 rings (SSSR count). The normalized spacial score (nSPS) is 11.6. The van der Waals surface area contributed by atoms with E-state index in [0.717, 1.165) is 5.56 Å². The highest BCUT2D eigenvalue weighted by Crippen LogP contribution is 2.33. The predicted octanol–water partition coefficient (Wildman–Crippen LogP) is 5.77. The van der Waals surface area contributed by atoms with Crippen LogP contribution in [0.4, 0.5) is 4.39 Å². The maximum absolute atomic E-state index is 14.7. The highest BCUT2D eigenvalue weighted by molar-refractivity contribution is 7.15. The predicted molar refractivity (Wildman–Crippen MR) is 116 cm³/mol. The maximum atomic E-state index is 14.7. The Kier molecular flexibility index (Phi) is 6.62. The molecule has 0 amide bonds. The van der Waals surface area contributed by atoms with E-state index in [4.69, 9.17) is 9.47 Å². The smallest absolute Gasteiger partial charge is 0.342 e. The summed E-state index contributed by atoms with van der Waals surface area (Å²) in [5.74, 6) is -1.05. The first-order chi connectivity index (χ1) is 14.3. The molecule has 0 saturated carbocycles. The number of allylic oxidation sites excluding steroid dienone is 1. The summed E-state index contributed by atoms with van der Waals surface area (Å²) in [6, 6.07) is 11.9. The first-order valence-corrected chi connectivity index (χ1v) is 10.2. The lowest BCUT2D eigenvalue weighted by molar-refractivity contribution is 0.0469. The van der Waals surface area contributed by atoms with Crippen molar-refractivity contribution in [1.82, 2.24) is 10.2 Å². The Balaban J connectivity index is 1.87. The van der Waals surface area contributed by atoms with Crippen molar-refractivity contribution < 1.29 is 18.7 Å². The molecule has 30 heavy (non-hydrogen) atoms. The summed E-state index contributed by atoms with van der Waals surface area (Å²) in [6.07, 6.45) is 3.87. The van der Waals surface area contributed by atoms with Crippen LogP contribution in [0.2, 0.25) is 0 Å². The molecular formula is C23H23FN2O3S. The van der Waals surface area contributed by atoms with Gasteiger partial charge in [-0.1, -0.05) is 68.5 Å². The zero-order valence-electron chi connectivity index (χ0n) is 17.3. The molecular weight excluding hydrogens is 403 g/mol. The maximum Gasteiger partial charge on any atom is 0.342 e. The molecule has 1 aromatic heterocycles. The fourth-order valence-corrected chi connectivity index (χ4v) is 3.34. The van der Waals surface area contributed by atoms with Gasteiger partial charge in [-0.25, -0.2) is 9.18 Å². The lowest BCUT2D eigenvalue weighted by Crippen LogP contribution is -2.08. The van der Waals surface area contributed by atoms with Crippen molar-refractivity contribution in [2.45, 2.75) is 27.4 Å². The number of hydrogen-bond donors (Lipinski definition) is 0. The number of halogens is 1. The van der Waals surface area contributed by atoms with E-state index in [-0.39, 0.29) is 28.9 Å². The zero-order chi connectivity index (χ0) is 21.7. The second-order valence-electron chi connectivity index (χ2n) is 7.74. The van der Waals surface area contributed by atoms with Crippen LogP contribution in [-0.2, 0) is 11.3 Å². The number of benzene rings is 2. The molecule has 0 N–H and O–H groups in total. The lowest BCUT2D eigenvalue weighted by atomic mass is 9.96. The number of hydrogen-bond acceptors (Lipinski definition) is 6. The molecule has 0 fully saturated rings. The van der Waals surface area contributed by atoms with E-state index in [1.165, 1.54) is 30.6 Å². The van der Waals surface area contributed by atoms with Gasteiger partial charge in [-0.2, -0.15) is 0 Å². The van der Waals surface area contributed by atoms with Crippen molar-refractivity contribution in [3.63, 3.8) is 0 Å². The number of carbonyl (C=O) groups excluding carboxylic acids is 1. The molecule has 0 saturated heterocycles. The van der Waals surface area contributed by atoms with E-state index >= 15 is 0 Å². The molecule has 0 unspecified atom stereocenters. The fourth-order valence-electron chi connectivity index (χ4n) is 2.58. The van der Waals surface area contributed by atoms with Crippen LogP contribution < -0.4 is 4.74 Å². The standard InChI is InChI=1S/C23H23FN2O3S/c1-23(2,3)11-10-20-25-26-21(30-20)16-12-17(19(28-4)13-18(16)24)22(27)29-14-15-8-6-5-7-9-15/h5-13H,14H2,1-4H3/b11-10+. The number of carbonyl (C=O) groups is 1. The van der Waals surface area contributed by atoms with Gasteiger partial charge in [0.1, 0.15) is 28.7 Å². The molecule has 2 aromatic carbocycles. The molecule has 7 heteroatoms. The summed E-state index contributed by atoms with van der Waals surface area (Å²) < 4.78 is 25.3. The van der Waals surface area contributed by atoms with E-state index in [0.29, 0.717) is 10.0 Å². The summed E-state index contributed by atoms with van der Waals surface area (Å²) in [5.41, 5.74) is 1.15. The molecule has 0 bridgehead atoms. The van der Waals surface area contributed by atoms with Crippen LogP contribution in [0.1, 0.15) is 41.7 Å². The third kappa shape index (κ3) is 5.51. The third-order valence-electron chi connectivity index (χ3n) is 4.12. The number of ether oxygens (including phenoxy) is 2. The van der Waals surface area contributed by atoms with Gasteiger partial charge < -0.3 is 9.47 Å². The minimum absolute atomic E-state index is 0.00707. The lowest BCUT2D eigenvalue weighted by Gasteiger charge is -2.11. The Bertz CT molecular complexity index is 1060. The van der Waals surface area contributed by atoms with Gasteiger partial charge in [-0.3, -0.25) is 0 Å². The van der Waals surface area contributed by atoms with Crippen LogP contribution in [0, 0.1) is 11.2 Å². The van der Waals surface area contributed by atoms with Gasteiger partial charge in [-0.05, 0) is 23.1 Å². The minimum atomic E-state index is -0.602. The van der Waals surface area contributed by atoms with Gasteiger partial charge in [0.15, 0.2) is 5.01 Å². The largest absolute Gasteiger partial charge is 0.496 e. The van der Waals surface area contributed by atoms with Gasteiger partial charge in [-0.15, -0.1) is 10.2 Å². The van der Waals surface area contributed by atoms with Crippen LogP contribution >= 0.6 is 11.3 Å². The number of methoxy groups -OCH3 is 1. The van der Waals surface area contributed by atoms with Crippen LogP contribution in [0.15, 0.2) is 48.5 Å². The minimum Gasteiger partial charge on any atom is -0.496 e. The summed E-state index contributed by atoms with van der Waals surface area (Å²) in [7, 11) is 1.38. The van der Waals surface area contributed by atoms with E-state index < -0.39 is 11.8 Å². The van der Waals surface area contributed by atoms with Gasteiger partial charge in [0.2, 0.25) is 0 Å². The van der Waals surface area contributed by atoms with E-state index in [1.807, 2.05) is 42.5 Å². The third-order valence-corrected chi connectivity index (χ3v) is 5.04. The second-order valence-corrected chi connectivity index (χ2v) is 8.75. The molecule has 0 aliphatic rings.